The Labute approximate surface area is 152 Å². The molecule has 8 heteroatoms. The molecular formula is C18H21FN2O4S. The smallest absolute Gasteiger partial charge is 0.339 e. The first kappa shape index (κ1) is 20.0. The van der Waals surface area contributed by atoms with Crippen LogP contribution in [0.5, 0.6) is 0 Å². The second-order valence-electron chi connectivity index (χ2n) is 5.56. The van der Waals surface area contributed by atoms with Crippen LogP contribution >= 0.6 is 0 Å². The minimum Gasteiger partial charge on any atom is -0.465 e. The molecule has 0 saturated heterocycles. The number of ether oxygens (including phenoxy) is 1. The first-order chi connectivity index (χ1) is 12.4. The summed E-state index contributed by atoms with van der Waals surface area (Å²) in [6, 6.07) is 12.3. The number of esters is 1. The molecule has 2 rings (SSSR count). The number of halogens is 1. The molecule has 140 valence electrons. The normalized spacial score (nSPS) is 11.5. The lowest BCUT2D eigenvalue weighted by Gasteiger charge is -2.22. The van der Waals surface area contributed by atoms with Gasteiger partial charge in [-0.3, -0.25) is 0 Å². The minimum atomic E-state index is -4.13. The maximum atomic E-state index is 13.7. The predicted octanol–water partition coefficient (Wildman–Crippen LogP) is 1.80. The maximum Gasteiger partial charge on any atom is 0.339 e. The molecule has 0 unspecified atom stereocenters. The Balaban J connectivity index is 2.38. The molecule has 0 aliphatic carbocycles. The number of methoxy groups -OCH3 is 1. The van der Waals surface area contributed by atoms with Crippen molar-refractivity contribution in [2.75, 3.05) is 26.7 Å². The maximum absolute atomic E-state index is 13.7. The number of sulfonamides is 1. The van der Waals surface area contributed by atoms with Crippen LogP contribution in [-0.2, 0) is 21.2 Å². The van der Waals surface area contributed by atoms with Crippen LogP contribution in [0.15, 0.2) is 53.4 Å². The second-order valence-corrected chi connectivity index (χ2v) is 7.47. The van der Waals surface area contributed by atoms with Gasteiger partial charge in [0.2, 0.25) is 10.0 Å². The van der Waals surface area contributed by atoms with E-state index in [0.29, 0.717) is 6.42 Å². The molecule has 0 bridgehead atoms. The quantitative estimate of drug-likeness (QED) is 0.706. The molecule has 0 saturated carbocycles. The Bertz CT molecular complexity index is 857. The number of nitrogens with two attached hydrogens (primary N) is 1. The number of nitrogens with zero attached hydrogens (tertiary/aromatic N) is 1. The van der Waals surface area contributed by atoms with Crippen molar-refractivity contribution in [2.45, 2.75) is 11.3 Å². The summed E-state index contributed by atoms with van der Waals surface area (Å²) in [7, 11) is -3.00. The fourth-order valence-electron chi connectivity index (χ4n) is 2.52. The van der Waals surface area contributed by atoms with Gasteiger partial charge in [-0.05, 0) is 30.2 Å². The van der Waals surface area contributed by atoms with Gasteiger partial charge in [0, 0.05) is 19.6 Å². The Kier molecular flexibility index (Phi) is 6.84. The van der Waals surface area contributed by atoms with E-state index < -0.39 is 26.7 Å². The molecule has 0 aliphatic rings. The van der Waals surface area contributed by atoms with Gasteiger partial charge in [-0.15, -0.1) is 0 Å². The molecule has 0 spiro atoms. The highest BCUT2D eigenvalue weighted by Crippen LogP contribution is 2.22. The molecule has 0 aromatic heterocycles. The van der Waals surface area contributed by atoms with Crippen molar-refractivity contribution in [3.8, 4) is 0 Å². The van der Waals surface area contributed by atoms with Crippen LogP contribution in [0.3, 0.4) is 0 Å². The summed E-state index contributed by atoms with van der Waals surface area (Å²) in [5, 5.41) is 0. The lowest BCUT2D eigenvalue weighted by molar-refractivity contribution is 0.0596. The van der Waals surface area contributed by atoms with E-state index in [0.717, 1.165) is 35.2 Å². The summed E-state index contributed by atoms with van der Waals surface area (Å²) in [5.74, 6) is -1.61. The molecule has 0 heterocycles. The van der Waals surface area contributed by atoms with Crippen LogP contribution < -0.4 is 5.73 Å². The highest BCUT2D eigenvalue weighted by atomic mass is 32.2. The summed E-state index contributed by atoms with van der Waals surface area (Å²) >= 11 is 0. The Morgan fingerprint density at radius 3 is 2.46 bits per heavy atom. The van der Waals surface area contributed by atoms with Crippen molar-refractivity contribution in [3.05, 3.63) is 65.5 Å². The molecular weight excluding hydrogens is 359 g/mol. The molecule has 0 atom stereocenters. The number of rotatable bonds is 8. The van der Waals surface area contributed by atoms with Gasteiger partial charge in [-0.2, -0.15) is 4.31 Å². The summed E-state index contributed by atoms with van der Waals surface area (Å²) in [6.45, 7) is 0.295. The van der Waals surface area contributed by atoms with E-state index >= 15 is 0 Å². The van der Waals surface area contributed by atoms with E-state index in [9.17, 15) is 17.6 Å². The lowest BCUT2D eigenvalue weighted by atomic mass is 10.1. The highest BCUT2D eigenvalue weighted by Gasteiger charge is 2.29. The number of hydrogen-bond acceptors (Lipinski definition) is 5. The SMILES string of the molecule is COC(=O)c1ccc(F)cc1S(=O)(=O)N(CCN)CCc1ccccc1. The van der Waals surface area contributed by atoms with Crippen molar-refractivity contribution >= 4 is 16.0 Å². The Morgan fingerprint density at radius 1 is 1.15 bits per heavy atom. The van der Waals surface area contributed by atoms with Crippen LogP contribution in [0.1, 0.15) is 15.9 Å². The molecule has 6 nitrogen and oxygen atoms in total. The van der Waals surface area contributed by atoms with Gasteiger partial charge in [-0.25, -0.2) is 17.6 Å². The van der Waals surface area contributed by atoms with Crippen molar-refractivity contribution in [3.63, 3.8) is 0 Å². The van der Waals surface area contributed by atoms with Crippen molar-refractivity contribution in [2.24, 2.45) is 5.73 Å². The monoisotopic (exact) mass is 380 g/mol. The summed E-state index contributed by atoms with van der Waals surface area (Å²) in [6.07, 6.45) is 0.461. The van der Waals surface area contributed by atoms with Crippen LogP contribution in [0.2, 0.25) is 0 Å². The summed E-state index contributed by atoms with van der Waals surface area (Å²) in [5.41, 5.74) is 6.30. The van der Waals surface area contributed by atoms with Gasteiger partial charge in [0.05, 0.1) is 17.6 Å². The van der Waals surface area contributed by atoms with Gasteiger partial charge in [0.25, 0.3) is 0 Å². The summed E-state index contributed by atoms with van der Waals surface area (Å²) < 4.78 is 45.5. The van der Waals surface area contributed by atoms with E-state index in [4.69, 9.17) is 5.73 Å². The van der Waals surface area contributed by atoms with Crippen molar-refractivity contribution in [1.82, 2.24) is 4.31 Å². The van der Waals surface area contributed by atoms with Crippen LogP contribution in [0.4, 0.5) is 4.39 Å². The topological polar surface area (TPSA) is 89.7 Å². The first-order valence-electron chi connectivity index (χ1n) is 8.02. The number of carbonyl (C=O) groups is 1. The summed E-state index contributed by atoms with van der Waals surface area (Å²) in [4.78, 5) is 11.5. The van der Waals surface area contributed by atoms with Gasteiger partial charge < -0.3 is 10.5 Å². The third-order valence-corrected chi connectivity index (χ3v) is 5.78. The average molecular weight is 380 g/mol. The molecule has 0 amide bonds. The molecule has 2 N–H and O–H groups in total. The van der Waals surface area contributed by atoms with E-state index in [1.54, 1.807) is 0 Å². The third kappa shape index (κ3) is 4.66. The van der Waals surface area contributed by atoms with Gasteiger partial charge in [-0.1, -0.05) is 30.3 Å². The van der Waals surface area contributed by atoms with Crippen LogP contribution in [0, 0.1) is 5.82 Å². The molecule has 0 aliphatic heterocycles. The third-order valence-electron chi connectivity index (χ3n) is 3.84. The van der Waals surface area contributed by atoms with Gasteiger partial charge in [0.1, 0.15) is 5.82 Å². The van der Waals surface area contributed by atoms with Crippen LogP contribution in [-0.4, -0.2) is 45.4 Å². The fraction of sp³-hybridized carbons (Fsp3) is 0.278. The van der Waals surface area contributed by atoms with Crippen molar-refractivity contribution in [1.29, 1.82) is 0 Å². The average Bonchev–Trinajstić information content (AvgIpc) is 2.65. The molecule has 0 fully saturated rings. The number of carbonyl (C=O) groups excluding carboxylic acids is 1. The highest BCUT2D eigenvalue weighted by molar-refractivity contribution is 7.89. The Hall–Kier alpha value is -2.29. The largest absolute Gasteiger partial charge is 0.465 e. The molecule has 2 aromatic rings. The predicted molar refractivity (Wildman–Crippen MR) is 95.7 cm³/mol. The minimum absolute atomic E-state index is 0.0479. The lowest BCUT2D eigenvalue weighted by Crippen LogP contribution is -2.37. The van der Waals surface area contributed by atoms with E-state index in [-0.39, 0.29) is 25.2 Å². The Morgan fingerprint density at radius 2 is 1.85 bits per heavy atom. The second kappa shape index (κ2) is 8.88. The fourth-order valence-corrected chi connectivity index (χ4v) is 4.17. The first-order valence-corrected chi connectivity index (χ1v) is 9.46. The van der Waals surface area contributed by atoms with E-state index in [1.165, 1.54) is 0 Å². The van der Waals surface area contributed by atoms with Gasteiger partial charge >= 0.3 is 5.97 Å². The van der Waals surface area contributed by atoms with E-state index in [1.807, 2.05) is 30.3 Å². The molecule has 26 heavy (non-hydrogen) atoms. The zero-order valence-corrected chi connectivity index (χ0v) is 15.2. The standard InChI is InChI=1S/C18H21FN2O4S/c1-25-18(22)16-8-7-15(19)13-17(16)26(23,24)21(12-10-20)11-9-14-5-3-2-4-6-14/h2-8,13H,9-12,20H2,1H3. The zero-order valence-electron chi connectivity index (χ0n) is 14.4. The zero-order chi connectivity index (χ0) is 19.2. The van der Waals surface area contributed by atoms with E-state index in [2.05, 4.69) is 4.74 Å². The molecule has 0 radical (unpaired) electrons. The van der Waals surface area contributed by atoms with Crippen LogP contribution in [0.25, 0.3) is 0 Å². The molecule has 2 aromatic carbocycles. The van der Waals surface area contributed by atoms with Gasteiger partial charge in [0.15, 0.2) is 0 Å². The number of benzene rings is 2. The van der Waals surface area contributed by atoms with Crippen molar-refractivity contribution < 1.29 is 22.3 Å². The number of hydrogen-bond donors (Lipinski definition) is 1.